The molecule has 8 heteroatoms. The molecule has 3 aliphatic rings. The van der Waals surface area contributed by atoms with Crippen molar-refractivity contribution in [2.75, 3.05) is 44.7 Å². The zero-order valence-corrected chi connectivity index (χ0v) is 21.3. The summed E-state index contributed by atoms with van der Waals surface area (Å²) in [7, 11) is 1.67. The molecular formula is C28H32ClN3O4. The van der Waals surface area contributed by atoms with Crippen LogP contribution in [0.1, 0.15) is 31.2 Å². The molecule has 190 valence electrons. The Bertz CT molecular complexity index is 1150. The first-order valence-electron chi connectivity index (χ1n) is 12.6. The van der Waals surface area contributed by atoms with Crippen molar-refractivity contribution in [3.63, 3.8) is 0 Å². The van der Waals surface area contributed by atoms with Crippen molar-refractivity contribution in [3.05, 3.63) is 64.9 Å². The second-order valence-corrected chi connectivity index (χ2v) is 9.92. The number of nitrogens with zero attached hydrogens (tertiary/aromatic N) is 3. The maximum absolute atomic E-state index is 13.5. The first-order valence-corrected chi connectivity index (χ1v) is 13.0. The summed E-state index contributed by atoms with van der Waals surface area (Å²) in [5, 5.41) is 0.558. The average molecular weight is 510 g/mol. The molecule has 0 spiro atoms. The van der Waals surface area contributed by atoms with Crippen molar-refractivity contribution >= 4 is 35.2 Å². The number of fused-ring (bicyclic) bond motifs is 1. The van der Waals surface area contributed by atoms with Gasteiger partial charge in [-0.1, -0.05) is 48.4 Å². The van der Waals surface area contributed by atoms with Crippen molar-refractivity contribution < 1.29 is 19.1 Å². The number of carbonyl (C=O) groups is 2. The number of anilines is 1. The summed E-state index contributed by atoms with van der Waals surface area (Å²) in [5.74, 6) is 0.836. The van der Waals surface area contributed by atoms with Gasteiger partial charge in [-0.05, 0) is 49.1 Å². The molecule has 2 amide bonds. The van der Waals surface area contributed by atoms with Crippen LogP contribution in [0, 0.1) is 0 Å². The highest BCUT2D eigenvalue weighted by Crippen LogP contribution is 2.34. The van der Waals surface area contributed by atoms with E-state index in [0.29, 0.717) is 31.2 Å². The van der Waals surface area contributed by atoms with Gasteiger partial charge in [0, 0.05) is 31.2 Å². The Balaban J connectivity index is 1.29. The zero-order valence-electron chi connectivity index (χ0n) is 20.6. The number of morpholine rings is 1. The standard InChI is InChI=1S/C28H32ClN3O4/c1-35-24-12-6-4-10-22(24)30-14-16-31(17-15-30)27(33)19-32-23-11-5-7-13-25(23)36-26(28(32)34)18-20-8-2-3-9-21(20)29/h2-4,6,8-10,12,18,23,25H,5,7,11,13-17,19H2,1H3/b26-18+. The topological polar surface area (TPSA) is 62.3 Å². The monoisotopic (exact) mass is 509 g/mol. The highest BCUT2D eigenvalue weighted by atomic mass is 35.5. The molecule has 0 N–H and O–H groups in total. The minimum absolute atomic E-state index is 0.0219. The van der Waals surface area contributed by atoms with E-state index in [1.54, 1.807) is 24.2 Å². The molecule has 2 saturated heterocycles. The third kappa shape index (κ3) is 5.03. The summed E-state index contributed by atoms with van der Waals surface area (Å²) in [5.41, 5.74) is 1.77. The lowest BCUT2D eigenvalue weighted by molar-refractivity contribution is -0.154. The normalized spacial score (nSPS) is 23.3. The number of methoxy groups -OCH3 is 1. The van der Waals surface area contributed by atoms with Crippen LogP contribution in [0.3, 0.4) is 0 Å². The van der Waals surface area contributed by atoms with Gasteiger partial charge in [0.15, 0.2) is 5.76 Å². The van der Waals surface area contributed by atoms with Gasteiger partial charge in [-0.15, -0.1) is 0 Å². The fourth-order valence-electron chi connectivity index (χ4n) is 5.43. The van der Waals surface area contributed by atoms with E-state index < -0.39 is 0 Å². The minimum Gasteiger partial charge on any atom is -0.495 e. The molecule has 3 fully saturated rings. The smallest absolute Gasteiger partial charge is 0.289 e. The van der Waals surface area contributed by atoms with E-state index in [2.05, 4.69) is 4.90 Å². The number of amides is 2. The summed E-state index contributed by atoms with van der Waals surface area (Å²) in [6.07, 6.45) is 5.43. The highest BCUT2D eigenvalue weighted by Gasteiger charge is 2.42. The molecule has 2 aromatic carbocycles. The van der Waals surface area contributed by atoms with Gasteiger partial charge in [0.05, 0.1) is 18.8 Å². The van der Waals surface area contributed by atoms with Crippen molar-refractivity contribution in [2.24, 2.45) is 0 Å². The summed E-state index contributed by atoms with van der Waals surface area (Å²) in [6.45, 7) is 2.70. The van der Waals surface area contributed by atoms with Crippen LogP contribution in [0.15, 0.2) is 54.3 Å². The maximum Gasteiger partial charge on any atom is 0.289 e. The lowest BCUT2D eigenvalue weighted by atomic mass is 9.89. The number of hydrogen-bond acceptors (Lipinski definition) is 5. The molecule has 5 rings (SSSR count). The van der Waals surface area contributed by atoms with Crippen LogP contribution in [0.25, 0.3) is 6.08 Å². The molecule has 1 aliphatic carbocycles. The van der Waals surface area contributed by atoms with E-state index in [1.807, 2.05) is 47.4 Å². The van der Waals surface area contributed by atoms with Crippen LogP contribution in [0.2, 0.25) is 5.02 Å². The van der Waals surface area contributed by atoms with E-state index in [1.165, 1.54) is 0 Å². The molecule has 1 saturated carbocycles. The van der Waals surface area contributed by atoms with E-state index >= 15 is 0 Å². The highest BCUT2D eigenvalue weighted by molar-refractivity contribution is 6.32. The van der Waals surface area contributed by atoms with E-state index in [0.717, 1.165) is 42.7 Å². The molecule has 0 bridgehead atoms. The molecule has 7 nitrogen and oxygen atoms in total. The van der Waals surface area contributed by atoms with Gasteiger partial charge in [0.1, 0.15) is 18.4 Å². The van der Waals surface area contributed by atoms with Gasteiger partial charge < -0.3 is 24.2 Å². The number of benzene rings is 2. The van der Waals surface area contributed by atoms with Crippen LogP contribution in [-0.2, 0) is 14.3 Å². The van der Waals surface area contributed by atoms with E-state index in [9.17, 15) is 9.59 Å². The predicted octanol–water partition coefficient (Wildman–Crippen LogP) is 4.21. The largest absolute Gasteiger partial charge is 0.495 e. The Labute approximate surface area is 217 Å². The summed E-state index contributed by atoms with van der Waals surface area (Å²) in [4.78, 5) is 32.7. The number of rotatable bonds is 5. The van der Waals surface area contributed by atoms with Crippen molar-refractivity contribution in [1.29, 1.82) is 0 Å². The Hall–Kier alpha value is -3.19. The number of halogens is 1. The van der Waals surface area contributed by atoms with Crippen molar-refractivity contribution in [3.8, 4) is 5.75 Å². The lowest BCUT2D eigenvalue weighted by Gasteiger charge is -2.45. The van der Waals surface area contributed by atoms with Crippen LogP contribution < -0.4 is 9.64 Å². The number of para-hydroxylation sites is 2. The molecule has 2 unspecified atom stereocenters. The van der Waals surface area contributed by atoms with Gasteiger partial charge in [-0.25, -0.2) is 0 Å². The minimum atomic E-state index is -0.237. The molecule has 2 aromatic rings. The van der Waals surface area contributed by atoms with Crippen LogP contribution in [0.4, 0.5) is 5.69 Å². The first kappa shape index (κ1) is 24.5. The molecule has 0 radical (unpaired) electrons. The Kier molecular flexibility index (Phi) is 7.37. The Morgan fingerprint density at radius 2 is 1.78 bits per heavy atom. The number of piperazine rings is 1. The Morgan fingerprint density at radius 1 is 1.06 bits per heavy atom. The van der Waals surface area contributed by atoms with Gasteiger partial charge in [-0.3, -0.25) is 9.59 Å². The summed E-state index contributed by atoms with van der Waals surface area (Å²) in [6, 6.07) is 15.2. The van der Waals surface area contributed by atoms with Gasteiger partial charge in [0.2, 0.25) is 5.91 Å². The molecule has 2 atom stereocenters. The summed E-state index contributed by atoms with van der Waals surface area (Å²) >= 11 is 6.33. The number of carbonyl (C=O) groups excluding carboxylic acids is 2. The molecule has 36 heavy (non-hydrogen) atoms. The molecule has 2 heterocycles. The van der Waals surface area contributed by atoms with E-state index in [4.69, 9.17) is 21.1 Å². The lowest BCUT2D eigenvalue weighted by Crippen LogP contribution is -2.58. The van der Waals surface area contributed by atoms with Gasteiger partial charge >= 0.3 is 0 Å². The average Bonchev–Trinajstić information content (AvgIpc) is 2.92. The second kappa shape index (κ2) is 10.8. The van der Waals surface area contributed by atoms with Crippen LogP contribution >= 0.6 is 11.6 Å². The van der Waals surface area contributed by atoms with Crippen LogP contribution in [0.5, 0.6) is 5.75 Å². The molecule has 2 aliphatic heterocycles. The SMILES string of the molecule is COc1ccccc1N1CCN(C(=O)CN2C(=O)/C(=C\c3ccccc3Cl)OC3CCCCC32)CC1. The van der Waals surface area contributed by atoms with Crippen LogP contribution in [-0.4, -0.2) is 73.6 Å². The molecular weight excluding hydrogens is 478 g/mol. The summed E-state index contributed by atoms with van der Waals surface area (Å²) < 4.78 is 11.7. The Morgan fingerprint density at radius 3 is 2.56 bits per heavy atom. The van der Waals surface area contributed by atoms with Crippen molar-refractivity contribution in [2.45, 2.75) is 37.8 Å². The first-order chi connectivity index (χ1) is 17.5. The van der Waals surface area contributed by atoms with Gasteiger partial charge in [-0.2, -0.15) is 0 Å². The predicted molar refractivity (Wildman–Crippen MR) is 140 cm³/mol. The zero-order chi connectivity index (χ0) is 25.1. The molecule has 0 aromatic heterocycles. The maximum atomic E-state index is 13.5. The number of hydrogen-bond donors (Lipinski definition) is 0. The van der Waals surface area contributed by atoms with E-state index in [-0.39, 0.29) is 36.3 Å². The third-order valence-electron chi connectivity index (χ3n) is 7.37. The second-order valence-electron chi connectivity index (χ2n) is 9.51. The van der Waals surface area contributed by atoms with Crippen molar-refractivity contribution in [1.82, 2.24) is 9.80 Å². The fraction of sp³-hybridized carbons (Fsp3) is 0.429. The quantitative estimate of drug-likeness (QED) is 0.565. The number of ether oxygens (including phenoxy) is 2. The van der Waals surface area contributed by atoms with Gasteiger partial charge in [0.25, 0.3) is 5.91 Å². The third-order valence-corrected chi connectivity index (χ3v) is 7.72. The fourth-order valence-corrected chi connectivity index (χ4v) is 5.62.